The molecule has 0 saturated carbocycles. The van der Waals surface area contributed by atoms with Crippen LogP contribution in [0.2, 0.25) is 0 Å². The molecule has 0 aliphatic rings. The van der Waals surface area contributed by atoms with Crippen LogP contribution in [-0.4, -0.2) is 22.2 Å². The van der Waals surface area contributed by atoms with E-state index in [-0.39, 0.29) is 12.2 Å². The molecule has 1 aromatic carbocycles. The van der Waals surface area contributed by atoms with Crippen LogP contribution in [0.4, 0.5) is 10.5 Å². The lowest BCUT2D eigenvalue weighted by Crippen LogP contribution is -2.22. The third-order valence-electron chi connectivity index (χ3n) is 2.43. The summed E-state index contributed by atoms with van der Waals surface area (Å²) in [6.45, 7) is 4.60. The number of ether oxygens (including phenoxy) is 2. The molecule has 1 N–H and O–H groups in total. The Morgan fingerprint density at radius 1 is 1.33 bits per heavy atom. The second-order valence-corrected chi connectivity index (χ2v) is 5.22. The smallest absolute Gasteiger partial charge is 0.460 e. The lowest BCUT2D eigenvalue weighted by Gasteiger charge is -2.16. The van der Waals surface area contributed by atoms with Crippen molar-refractivity contribution in [1.82, 2.24) is 0 Å². The number of carbonyl (C=O) groups is 2. The molecule has 0 aromatic heterocycles. The fraction of sp³-hybridized carbons (Fsp3) is 0.385. The van der Waals surface area contributed by atoms with Crippen molar-refractivity contribution in [3.8, 4) is 5.75 Å². The molecule has 1 rings (SSSR count). The minimum absolute atomic E-state index is 0.0522. The second-order valence-electron chi connectivity index (χ2n) is 5.22. The van der Waals surface area contributed by atoms with E-state index in [0.717, 1.165) is 6.07 Å². The summed E-state index contributed by atoms with van der Waals surface area (Å²) in [5.41, 5.74) is -1.23. The normalized spacial score (nSPS) is 10.8. The van der Waals surface area contributed by atoms with E-state index in [1.165, 1.54) is 12.1 Å². The summed E-state index contributed by atoms with van der Waals surface area (Å²) in [6, 6.07) is 3.90. The zero-order valence-corrected chi connectivity index (χ0v) is 11.8. The van der Waals surface area contributed by atoms with Crippen molar-refractivity contribution in [2.24, 2.45) is 5.41 Å². The SMILES string of the molecule is CC(C)(C)C(=O)OCc1cccc(OC(=O)O)c1[N+](=O)[O-]. The summed E-state index contributed by atoms with van der Waals surface area (Å²) in [4.78, 5) is 32.5. The van der Waals surface area contributed by atoms with E-state index in [9.17, 15) is 19.7 Å². The van der Waals surface area contributed by atoms with E-state index >= 15 is 0 Å². The van der Waals surface area contributed by atoms with Gasteiger partial charge in [-0.25, -0.2) is 4.79 Å². The second kappa shape index (κ2) is 6.21. The maximum Gasteiger partial charge on any atom is 0.511 e. The monoisotopic (exact) mass is 297 g/mol. The predicted molar refractivity (Wildman–Crippen MR) is 71.0 cm³/mol. The first-order chi connectivity index (χ1) is 9.62. The fourth-order valence-corrected chi connectivity index (χ4v) is 1.43. The summed E-state index contributed by atoms with van der Waals surface area (Å²) >= 11 is 0. The zero-order chi connectivity index (χ0) is 16.2. The van der Waals surface area contributed by atoms with Gasteiger partial charge in [0, 0.05) is 0 Å². The molecule has 8 heteroatoms. The van der Waals surface area contributed by atoms with Gasteiger partial charge < -0.3 is 14.6 Å². The van der Waals surface area contributed by atoms with Crippen LogP contribution in [0.3, 0.4) is 0 Å². The molecule has 0 bridgehead atoms. The molecule has 0 radical (unpaired) electrons. The third-order valence-corrected chi connectivity index (χ3v) is 2.43. The molecule has 0 unspecified atom stereocenters. The highest BCUT2D eigenvalue weighted by molar-refractivity contribution is 5.75. The van der Waals surface area contributed by atoms with Gasteiger partial charge in [0.1, 0.15) is 6.61 Å². The molecule has 8 nitrogen and oxygen atoms in total. The quantitative estimate of drug-likeness (QED) is 0.393. The van der Waals surface area contributed by atoms with Crippen LogP contribution in [0.5, 0.6) is 5.75 Å². The molecule has 0 saturated heterocycles. The molecule has 1 aromatic rings. The Morgan fingerprint density at radius 3 is 2.43 bits per heavy atom. The average Bonchev–Trinajstić information content (AvgIpc) is 2.33. The van der Waals surface area contributed by atoms with Crippen LogP contribution in [0.1, 0.15) is 26.3 Å². The molecule has 0 aliphatic heterocycles. The number of nitro groups is 1. The number of esters is 1. The maximum absolute atomic E-state index is 11.7. The molecule has 0 fully saturated rings. The minimum atomic E-state index is -1.66. The number of rotatable bonds is 4. The third kappa shape index (κ3) is 4.44. The van der Waals surface area contributed by atoms with Crippen LogP contribution in [0, 0.1) is 15.5 Å². The largest absolute Gasteiger partial charge is 0.511 e. The summed E-state index contributed by atoms with van der Waals surface area (Å²) in [5, 5.41) is 19.6. The van der Waals surface area contributed by atoms with Crippen molar-refractivity contribution in [2.75, 3.05) is 0 Å². The van der Waals surface area contributed by atoms with Gasteiger partial charge in [-0.3, -0.25) is 14.9 Å². The van der Waals surface area contributed by atoms with Crippen molar-refractivity contribution < 1.29 is 29.1 Å². The van der Waals surface area contributed by atoms with Gasteiger partial charge in [0.15, 0.2) is 0 Å². The zero-order valence-electron chi connectivity index (χ0n) is 11.8. The number of carboxylic acid groups (broad SMARTS) is 1. The van der Waals surface area contributed by atoms with Crippen LogP contribution in [-0.2, 0) is 16.1 Å². The Kier molecular flexibility index (Phi) is 4.85. The van der Waals surface area contributed by atoms with Crippen LogP contribution in [0.25, 0.3) is 0 Å². The van der Waals surface area contributed by atoms with Crippen molar-refractivity contribution in [1.29, 1.82) is 0 Å². The lowest BCUT2D eigenvalue weighted by atomic mass is 9.97. The molecule has 114 valence electrons. The number of carbonyl (C=O) groups excluding carboxylic acids is 1. The standard InChI is InChI=1S/C13H15NO7/c1-13(2,3)11(15)20-7-8-5-4-6-9(21-12(16)17)10(8)14(18)19/h4-6H,7H2,1-3H3,(H,16,17). The van der Waals surface area contributed by atoms with Crippen LogP contribution in [0.15, 0.2) is 18.2 Å². The lowest BCUT2D eigenvalue weighted by molar-refractivity contribution is -0.386. The van der Waals surface area contributed by atoms with Crippen LogP contribution < -0.4 is 4.74 Å². The Labute approximate surface area is 120 Å². The van der Waals surface area contributed by atoms with E-state index in [4.69, 9.17) is 9.84 Å². The van der Waals surface area contributed by atoms with Gasteiger partial charge in [-0.15, -0.1) is 0 Å². The van der Waals surface area contributed by atoms with Crippen molar-refractivity contribution >= 4 is 17.8 Å². The number of para-hydroxylation sites is 1. The van der Waals surface area contributed by atoms with Gasteiger partial charge >= 0.3 is 17.8 Å². The molecule has 0 aliphatic carbocycles. The molecular weight excluding hydrogens is 282 g/mol. The van der Waals surface area contributed by atoms with Gasteiger partial charge in [-0.2, -0.15) is 0 Å². The highest BCUT2D eigenvalue weighted by Gasteiger charge is 2.26. The van der Waals surface area contributed by atoms with Crippen molar-refractivity contribution in [2.45, 2.75) is 27.4 Å². The maximum atomic E-state index is 11.7. The van der Waals surface area contributed by atoms with Gasteiger partial charge in [0.2, 0.25) is 5.75 Å². The highest BCUT2D eigenvalue weighted by Crippen LogP contribution is 2.32. The minimum Gasteiger partial charge on any atom is -0.460 e. The van der Waals surface area contributed by atoms with Gasteiger partial charge in [-0.1, -0.05) is 6.07 Å². The van der Waals surface area contributed by atoms with E-state index in [1.54, 1.807) is 20.8 Å². The van der Waals surface area contributed by atoms with E-state index in [1.807, 2.05) is 0 Å². The van der Waals surface area contributed by atoms with Gasteiger partial charge in [-0.05, 0) is 32.9 Å². The first-order valence-electron chi connectivity index (χ1n) is 5.97. The molecule has 0 atom stereocenters. The van der Waals surface area contributed by atoms with Gasteiger partial charge in [0.25, 0.3) is 0 Å². The first kappa shape index (κ1) is 16.4. The summed E-state index contributed by atoms with van der Waals surface area (Å²) < 4.78 is 9.35. The number of hydrogen-bond donors (Lipinski definition) is 1. The Balaban J connectivity index is 3.04. The summed E-state index contributed by atoms with van der Waals surface area (Å²) in [6.07, 6.45) is -1.66. The average molecular weight is 297 g/mol. The molecular formula is C13H15NO7. The fourth-order valence-electron chi connectivity index (χ4n) is 1.43. The summed E-state index contributed by atoms with van der Waals surface area (Å²) in [7, 11) is 0. The van der Waals surface area contributed by atoms with Crippen molar-refractivity contribution in [3.63, 3.8) is 0 Å². The first-order valence-corrected chi connectivity index (χ1v) is 5.97. The van der Waals surface area contributed by atoms with Gasteiger partial charge in [0.05, 0.1) is 15.9 Å². The van der Waals surface area contributed by atoms with Crippen LogP contribution >= 0.6 is 0 Å². The number of benzene rings is 1. The Hall–Kier alpha value is -2.64. The predicted octanol–water partition coefficient (Wildman–Crippen LogP) is 2.74. The number of nitro benzene ring substituents is 1. The molecule has 0 spiro atoms. The molecule has 0 heterocycles. The number of nitrogens with zero attached hydrogens (tertiary/aromatic N) is 1. The Morgan fingerprint density at radius 2 is 1.95 bits per heavy atom. The Bertz CT molecular complexity index is 574. The van der Waals surface area contributed by atoms with E-state index in [2.05, 4.69) is 4.74 Å². The van der Waals surface area contributed by atoms with E-state index in [0.29, 0.717) is 0 Å². The number of hydrogen-bond acceptors (Lipinski definition) is 6. The molecule has 0 amide bonds. The summed E-state index contributed by atoms with van der Waals surface area (Å²) in [5.74, 6) is -0.946. The van der Waals surface area contributed by atoms with E-state index < -0.39 is 33.9 Å². The highest BCUT2D eigenvalue weighted by atomic mass is 16.7. The van der Waals surface area contributed by atoms with Crippen molar-refractivity contribution in [3.05, 3.63) is 33.9 Å². The molecule has 21 heavy (non-hydrogen) atoms. The topological polar surface area (TPSA) is 116 Å².